The highest BCUT2D eigenvalue weighted by atomic mass is 16.7. The molecule has 2 bridgehead atoms. The Kier molecular flexibility index (Phi) is 6.48. The Morgan fingerprint density at radius 2 is 1.50 bits per heavy atom. The second-order valence-electron chi connectivity index (χ2n) is 17.6. The molecule has 0 unspecified atom stereocenters. The molecule has 14 heteroatoms. The quantitative estimate of drug-likeness (QED) is 0.291. The van der Waals surface area contributed by atoms with Crippen LogP contribution in [0.15, 0.2) is 45.1 Å². The Morgan fingerprint density at radius 3 is 2.22 bits per heavy atom. The Balaban J connectivity index is 1.22. The lowest BCUT2D eigenvalue weighted by molar-refractivity contribution is -0.209. The minimum Gasteiger partial charge on any atom is -0.461 e. The molecule has 12 atom stereocenters. The number of carbonyl (C=O) groups excluding carboxylic acids is 6. The molecule has 0 amide bonds. The number of rotatable bonds is 1. The standard InChI is InChI=1S/C40H42O14/c1-16-8-9-50-26(41)6-7-27(42)51-14-18-19-12-24-35(3,20-10-23(20)38(24,48)15-52-31(16)43)25-13-37(47)22-11-21(22)36(4)30(37)29(39(19,25)53-33(18)45)28-17(2)32(44)54-40(28,49-5)34(36)46/h8,20-25,47-48H,6-7,9-15H2,1-5H3/t20-,21-,22+,23+,24-,25+,35+,36+,37+,38+,39+,40+/m1/s1. The van der Waals surface area contributed by atoms with Gasteiger partial charge < -0.3 is 38.6 Å². The number of hydrogen-bond donors (Lipinski definition) is 2. The van der Waals surface area contributed by atoms with E-state index in [1.165, 1.54) is 27.0 Å². The van der Waals surface area contributed by atoms with Crippen molar-refractivity contribution in [1.82, 2.24) is 0 Å². The maximum Gasteiger partial charge on any atom is 0.338 e. The van der Waals surface area contributed by atoms with E-state index < -0.39 is 87.5 Å². The average molecular weight is 747 g/mol. The summed E-state index contributed by atoms with van der Waals surface area (Å²) in [5, 5.41) is 25.9. The summed E-state index contributed by atoms with van der Waals surface area (Å²) in [6.07, 6.45) is 2.05. The average Bonchev–Trinajstić information content (AvgIpc) is 4.04. The number of carbonyl (C=O) groups is 6. The summed E-state index contributed by atoms with van der Waals surface area (Å²) in [7, 11) is 1.29. The Hall–Kier alpha value is -4.14. The first kappa shape index (κ1) is 34.4. The predicted octanol–water partition coefficient (Wildman–Crippen LogP) is 1.86. The van der Waals surface area contributed by atoms with Crippen molar-refractivity contribution >= 4 is 35.6 Å². The Labute approximate surface area is 309 Å². The van der Waals surface area contributed by atoms with Crippen LogP contribution >= 0.6 is 0 Å². The molecule has 5 saturated carbocycles. The highest BCUT2D eigenvalue weighted by Crippen LogP contribution is 2.84. The molecule has 0 aromatic heterocycles. The SMILES string of the molecule is CO[C@]12OC(=O)C(C)=C1C1=C3[C@@](C)(C2=O)[C@@H]2C[C@@H]2[C@@]3(O)C[C@@H]2[C@]13OC(=O)C1=C3C[C@H]3[C@](O)(COC(=O)C(C)=CCOC(=O)CCC(=O)OC1)[C@H]1C[C@H]1[C@]23C. The zero-order valence-electron chi connectivity index (χ0n) is 30.7. The summed E-state index contributed by atoms with van der Waals surface area (Å²) in [4.78, 5) is 81.5. The van der Waals surface area contributed by atoms with Crippen LogP contribution in [0.2, 0.25) is 0 Å². The number of cyclic esters (lactones) is 3. The predicted molar refractivity (Wildman–Crippen MR) is 178 cm³/mol. The van der Waals surface area contributed by atoms with Crippen molar-refractivity contribution in [1.29, 1.82) is 0 Å². The number of esters is 5. The third-order valence-corrected chi connectivity index (χ3v) is 15.6. The number of ketones is 1. The Bertz CT molecular complexity index is 2090. The van der Waals surface area contributed by atoms with Gasteiger partial charge >= 0.3 is 35.6 Å². The molecule has 5 fully saturated rings. The number of Topliss-reactive ketones (excluding diaryl/α,β-unsaturated/α-hetero) is 1. The number of aliphatic hydroxyl groups is 2. The minimum absolute atomic E-state index is 0.0320. The highest BCUT2D eigenvalue weighted by molar-refractivity contribution is 6.10. The van der Waals surface area contributed by atoms with Crippen LogP contribution in [-0.2, 0) is 57.2 Å². The maximum atomic E-state index is 14.9. The van der Waals surface area contributed by atoms with Crippen molar-refractivity contribution in [2.75, 3.05) is 26.9 Å². The second kappa shape index (κ2) is 10.2. The van der Waals surface area contributed by atoms with Crippen molar-refractivity contribution < 1.29 is 67.4 Å². The van der Waals surface area contributed by atoms with Crippen LogP contribution in [0, 0.1) is 46.3 Å². The second-order valence-corrected chi connectivity index (χ2v) is 17.6. The van der Waals surface area contributed by atoms with E-state index in [4.69, 9.17) is 28.4 Å². The van der Waals surface area contributed by atoms with E-state index in [2.05, 4.69) is 0 Å². The first-order valence-electron chi connectivity index (χ1n) is 18.8. The van der Waals surface area contributed by atoms with Gasteiger partial charge in [-0.15, -0.1) is 0 Å². The third-order valence-electron chi connectivity index (χ3n) is 15.6. The summed E-state index contributed by atoms with van der Waals surface area (Å²) in [5.74, 6) is -8.69. The van der Waals surface area contributed by atoms with E-state index >= 15 is 0 Å². The van der Waals surface area contributed by atoms with Gasteiger partial charge in [-0.3, -0.25) is 14.4 Å². The number of fused-ring (bicyclic) bond motifs is 9. The minimum atomic E-state index is -2.16. The van der Waals surface area contributed by atoms with E-state index in [9.17, 15) is 39.0 Å². The molecular formula is C40H42O14. The van der Waals surface area contributed by atoms with E-state index in [0.717, 1.165) is 0 Å². The first-order chi connectivity index (χ1) is 25.5. The van der Waals surface area contributed by atoms with Gasteiger partial charge in [-0.25, -0.2) is 14.4 Å². The van der Waals surface area contributed by atoms with E-state index in [1.807, 2.05) is 6.92 Å². The molecule has 2 N–H and O–H groups in total. The molecule has 3 heterocycles. The normalized spacial score (nSPS) is 48.6. The van der Waals surface area contributed by atoms with Crippen LogP contribution in [0.3, 0.4) is 0 Å². The van der Waals surface area contributed by atoms with Crippen molar-refractivity contribution in [3.05, 3.63) is 45.1 Å². The van der Waals surface area contributed by atoms with Crippen molar-refractivity contribution in [3.63, 3.8) is 0 Å². The molecule has 0 radical (unpaired) electrons. The maximum absolute atomic E-state index is 14.9. The van der Waals surface area contributed by atoms with Crippen LogP contribution in [-0.4, -0.2) is 95.4 Å². The number of ether oxygens (including phenoxy) is 6. The molecule has 54 heavy (non-hydrogen) atoms. The van der Waals surface area contributed by atoms with Gasteiger partial charge in [0.25, 0.3) is 0 Å². The van der Waals surface area contributed by atoms with Crippen LogP contribution in [0.4, 0.5) is 0 Å². The highest BCUT2D eigenvalue weighted by Gasteiger charge is 2.88. The zero-order chi connectivity index (χ0) is 38.3. The monoisotopic (exact) mass is 746 g/mol. The topological polar surface area (TPSA) is 198 Å². The fourth-order valence-corrected chi connectivity index (χ4v) is 13.1. The molecular weight excluding hydrogens is 704 g/mol. The van der Waals surface area contributed by atoms with Crippen molar-refractivity contribution in [2.24, 2.45) is 46.3 Å². The number of hydrogen-bond acceptors (Lipinski definition) is 14. The van der Waals surface area contributed by atoms with Gasteiger partial charge in [0, 0.05) is 41.2 Å². The van der Waals surface area contributed by atoms with Crippen LogP contribution in [0.5, 0.6) is 0 Å². The van der Waals surface area contributed by atoms with E-state index in [0.29, 0.717) is 29.6 Å². The molecule has 0 aromatic carbocycles. The largest absolute Gasteiger partial charge is 0.461 e. The molecule has 0 aromatic rings. The van der Waals surface area contributed by atoms with Gasteiger partial charge in [-0.2, -0.15) is 0 Å². The fraction of sp³-hybridized carbons (Fsp3) is 0.650. The van der Waals surface area contributed by atoms with Gasteiger partial charge in [-0.05, 0) is 92.8 Å². The van der Waals surface area contributed by atoms with Gasteiger partial charge in [0.05, 0.1) is 29.4 Å². The molecule has 0 saturated heterocycles. The molecule has 3 aliphatic heterocycles. The summed E-state index contributed by atoms with van der Waals surface area (Å²) in [5.41, 5.74) is -5.35. The molecule has 14 nitrogen and oxygen atoms in total. The fourth-order valence-electron chi connectivity index (χ4n) is 13.1. The summed E-state index contributed by atoms with van der Waals surface area (Å²) in [6.45, 7) is 5.77. The molecule has 1 spiro atoms. The lowest BCUT2D eigenvalue weighted by Gasteiger charge is -2.63. The zero-order valence-corrected chi connectivity index (χ0v) is 30.7. The van der Waals surface area contributed by atoms with E-state index in [-0.39, 0.29) is 84.9 Å². The van der Waals surface area contributed by atoms with Gasteiger partial charge in [0.2, 0.25) is 5.78 Å². The molecule has 7 aliphatic carbocycles. The molecule has 10 aliphatic rings. The number of methoxy groups -OCH3 is 1. The lowest BCUT2D eigenvalue weighted by Crippen LogP contribution is -2.68. The van der Waals surface area contributed by atoms with Gasteiger partial charge in [0.15, 0.2) is 5.60 Å². The summed E-state index contributed by atoms with van der Waals surface area (Å²) < 4.78 is 35.2. The smallest absolute Gasteiger partial charge is 0.338 e. The summed E-state index contributed by atoms with van der Waals surface area (Å²) >= 11 is 0. The van der Waals surface area contributed by atoms with Gasteiger partial charge in [-0.1, -0.05) is 6.92 Å². The summed E-state index contributed by atoms with van der Waals surface area (Å²) in [6, 6.07) is 0. The van der Waals surface area contributed by atoms with E-state index in [1.54, 1.807) is 6.92 Å². The third kappa shape index (κ3) is 3.64. The van der Waals surface area contributed by atoms with Crippen LogP contribution in [0.1, 0.15) is 66.2 Å². The van der Waals surface area contributed by atoms with Crippen molar-refractivity contribution in [3.8, 4) is 0 Å². The van der Waals surface area contributed by atoms with Crippen LogP contribution < -0.4 is 0 Å². The molecule has 286 valence electrons. The molecule has 10 rings (SSSR count). The first-order valence-corrected chi connectivity index (χ1v) is 18.8. The lowest BCUT2D eigenvalue weighted by atomic mass is 9.42. The Morgan fingerprint density at radius 1 is 0.796 bits per heavy atom. The van der Waals surface area contributed by atoms with Crippen molar-refractivity contribution in [2.45, 2.75) is 88.8 Å². The van der Waals surface area contributed by atoms with Gasteiger partial charge in [0.1, 0.15) is 25.4 Å². The van der Waals surface area contributed by atoms with Crippen LogP contribution in [0.25, 0.3) is 0 Å².